The Morgan fingerprint density at radius 2 is 2.44 bits per heavy atom. The fraction of sp³-hybridized carbons (Fsp3) is 0.500. The van der Waals surface area contributed by atoms with Crippen molar-refractivity contribution in [2.75, 3.05) is 18.8 Å². The normalized spacial score (nSPS) is 16.1. The Labute approximate surface area is 93.7 Å². The Bertz CT molecular complexity index is 423. The number of rotatable bonds is 2. The van der Waals surface area contributed by atoms with Crippen LogP contribution in [-0.4, -0.2) is 38.7 Å². The van der Waals surface area contributed by atoms with Gasteiger partial charge in [0.2, 0.25) is 11.9 Å². The highest BCUT2D eigenvalue weighted by molar-refractivity contribution is 5.76. The molecule has 0 aromatic carbocycles. The van der Waals surface area contributed by atoms with Gasteiger partial charge in [0.05, 0.1) is 0 Å². The van der Waals surface area contributed by atoms with Crippen LogP contribution in [0, 0.1) is 0 Å². The smallest absolute Gasteiger partial charge is 0.244 e. The van der Waals surface area contributed by atoms with E-state index in [0.717, 1.165) is 13.0 Å². The minimum atomic E-state index is 0.0531. The van der Waals surface area contributed by atoms with E-state index in [1.54, 1.807) is 0 Å². The van der Waals surface area contributed by atoms with E-state index in [9.17, 15) is 4.79 Å². The van der Waals surface area contributed by atoms with Crippen LogP contribution < -0.4 is 5.73 Å². The van der Waals surface area contributed by atoms with Gasteiger partial charge in [-0.2, -0.15) is 0 Å². The van der Waals surface area contributed by atoms with Gasteiger partial charge >= 0.3 is 0 Å². The lowest BCUT2D eigenvalue weighted by atomic mass is 10.1. The molecule has 86 valence electrons. The largest absolute Gasteiger partial charge is 0.367 e. The molecule has 1 aliphatic heterocycles. The van der Waals surface area contributed by atoms with Gasteiger partial charge in [0.15, 0.2) is 0 Å². The Balaban J connectivity index is 1.96. The predicted octanol–water partition coefficient (Wildman–Crippen LogP) is 0.0389. The molecule has 0 radical (unpaired) electrons. The van der Waals surface area contributed by atoms with Crippen molar-refractivity contribution < 1.29 is 4.79 Å². The van der Waals surface area contributed by atoms with Gasteiger partial charge < -0.3 is 10.6 Å². The van der Waals surface area contributed by atoms with Gasteiger partial charge in [-0.05, 0) is 13.3 Å². The molecule has 1 aromatic heterocycles. The Morgan fingerprint density at radius 3 is 3.06 bits per heavy atom. The first kappa shape index (κ1) is 10.7. The zero-order valence-corrected chi connectivity index (χ0v) is 9.26. The number of aromatic nitrogens is 3. The van der Waals surface area contributed by atoms with Crippen molar-refractivity contribution in [1.82, 2.24) is 19.7 Å². The highest BCUT2D eigenvalue weighted by Gasteiger charge is 2.16. The molecule has 0 fully saturated rings. The van der Waals surface area contributed by atoms with E-state index in [4.69, 9.17) is 5.73 Å². The lowest BCUT2D eigenvalue weighted by Crippen LogP contribution is -2.37. The molecule has 1 amide bonds. The maximum Gasteiger partial charge on any atom is 0.244 e. The first-order valence-electron chi connectivity index (χ1n) is 5.23. The number of carbonyl (C=O) groups excluding carboxylic acids is 1. The molecule has 2 rings (SSSR count). The second-order valence-electron chi connectivity index (χ2n) is 3.95. The molecular weight excluding hydrogens is 206 g/mol. The number of hydrogen-bond acceptors (Lipinski definition) is 4. The molecular formula is C10H15N5O. The number of nitrogens with zero attached hydrogens (tertiary/aromatic N) is 4. The van der Waals surface area contributed by atoms with Crippen molar-refractivity contribution in [1.29, 1.82) is 0 Å². The Morgan fingerprint density at radius 1 is 1.62 bits per heavy atom. The van der Waals surface area contributed by atoms with Crippen LogP contribution in [0.15, 0.2) is 18.0 Å². The molecule has 0 bridgehead atoms. The van der Waals surface area contributed by atoms with Crippen molar-refractivity contribution >= 4 is 11.9 Å². The van der Waals surface area contributed by atoms with Crippen LogP contribution >= 0.6 is 0 Å². The average molecular weight is 221 g/mol. The van der Waals surface area contributed by atoms with E-state index in [1.165, 1.54) is 16.6 Å². The Kier molecular flexibility index (Phi) is 2.89. The molecule has 1 aliphatic rings. The maximum absolute atomic E-state index is 11.9. The summed E-state index contributed by atoms with van der Waals surface area (Å²) in [6.07, 6.45) is 4.56. The molecule has 2 heterocycles. The molecule has 0 spiro atoms. The zero-order chi connectivity index (χ0) is 11.5. The second kappa shape index (κ2) is 4.34. The highest BCUT2D eigenvalue weighted by atomic mass is 16.2. The summed E-state index contributed by atoms with van der Waals surface area (Å²) in [7, 11) is 0. The summed E-state index contributed by atoms with van der Waals surface area (Å²) in [5.74, 6) is 0.250. The van der Waals surface area contributed by atoms with Gasteiger partial charge in [-0.25, -0.2) is 9.67 Å². The highest BCUT2D eigenvalue weighted by Crippen LogP contribution is 2.09. The van der Waals surface area contributed by atoms with E-state index < -0.39 is 0 Å². The number of nitrogen functional groups attached to an aromatic ring is 1. The monoisotopic (exact) mass is 221 g/mol. The number of nitrogens with two attached hydrogens (primary N) is 1. The van der Waals surface area contributed by atoms with Crippen LogP contribution in [0.25, 0.3) is 0 Å². The van der Waals surface area contributed by atoms with Crippen molar-refractivity contribution in [3.63, 3.8) is 0 Å². The number of amides is 1. The van der Waals surface area contributed by atoms with E-state index in [2.05, 4.69) is 16.2 Å². The Hall–Kier alpha value is -1.85. The maximum atomic E-state index is 11.9. The van der Waals surface area contributed by atoms with Crippen LogP contribution in [0.3, 0.4) is 0 Å². The first-order chi connectivity index (χ1) is 7.65. The van der Waals surface area contributed by atoms with Gasteiger partial charge in [0, 0.05) is 13.1 Å². The molecule has 0 aliphatic carbocycles. The third-order valence-electron chi connectivity index (χ3n) is 2.54. The summed E-state index contributed by atoms with van der Waals surface area (Å²) in [4.78, 5) is 17.5. The average Bonchev–Trinajstić information content (AvgIpc) is 2.64. The van der Waals surface area contributed by atoms with Gasteiger partial charge in [0.25, 0.3) is 0 Å². The summed E-state index contributed by atoms with van der Waals surface area (Å²) in [5, 5.41) is 3.89. The molecule has 6 nitrogen and oxygen atoms in total. The van der Waals surface area contributed by atoms with Crippen molar-refractivity contribution in [2.45, 2.75) is 19.9 Å². The van der Waals surface area contributed by atoms with E-state index >= 15 is 0 Å². The van der Waals surface area contributed by atoms with E-state index in [-0.39, 0.29) is 18.4 Å². The van der Waals surface area contributed by atoms with Gasteiger partial charge in [0.1, 0.15) is 12.9 Å². The first-order valence-corrected chi connectivity index (χ1v) is 5.23. The minimum absolute atomic E-state index is 0.0531. The van der Waals surface area contributed by atoms with Crippen molar-refractivity contribution in [2.24, 2.45) is 0 Å². The lowest BCUT2D eigenvalue weighted by Gasteiger charge is -2.26. The summed E-state index contributed by atoms with van der Waals surface area (Å²) < 4.78 is 1.46. The second-order valence-corrected chi connectivity index (χ2v) is 3.95. The third kappa shape index (κ3) is 2.39. The van der Waals surface area contributed by atoms with Crippen LogP contribution in [0.1, 0.15) is 13.3 Å². The molecule has 0 unspecified atom stereocenters. The molecule has 0 atom stereocenters. The van der Waals surface area contributed by atoms with Crippen LogP contribution in [0.4, 0.5) is 5.95 Å². The van der Waals surface area contributed by atoms with Crippen LogP contribution in [0.2, 0.25) is 0 Å². The van der Waals surface area contributed by atoms with Crippen molar-refractivity contribution in [3.8, 4) is 0 Å². The number of hydrogen-bond donors (Lipinski definition) is 1. The molecule has 0 saturated carbocycles. The molecule has 2 N–H and O–H groups in total. The molecule has 1 aromatic rings. The van der Waals surface area contributed by atoms with Gasteiger partial charge in [-0.3, -0.25) is 4.79 Å². The quantitative estimate of drug-likeness (QED) is 0.715. The van der Waals surface area contributed by atoms with Gasteiger partial charge in [-0.15, -0.1) is 5.10 Å². The fourth-order valence-corrected chi connectivity index (χ4v) is 1.75. The van der Waals surface area contributed by atoms with E-state index in [0.29, 0.717) is 6.54 Å². The summed E-state index contributed by atoms with van der Waals surface area (Å²) in [6.45, 7) is 3.73. The lowest BCUT2D eigenvalue weighted by molar-refractivity contribution is -0.131. The number of carbonyl (C=O) groups is 1. The van der Waals surface area contributed by atoms with Crippen molar-refractivity contribution in [3.05, 3.63) is 18.0 Å². The SMILES string of the molecule is CC1=CCCN(C(=O)Cn2cnc(N)n2)C1. The molecule has 6 heteroatoms. The summed E-state index contributed by atoms with van der Waals surface area (Å²) in [5.41, 5.74) is 6.61. The fourth-order valence-electron chi connectivity index (χ4n) is 1.75. The molecule has 0 saturated heterocycles. The van der Waals surface area contributed by atoms with Crippen LogP contribution in [-0.2, 0) is 11.3 Å². The number of anilines is 1. The minimum Gasteiger partial charge on any atom is -0.367 e. The zero-order valence-electron chi connectivity index (χ0n) is 9.26. The third-order valence-corrected chi connectivity index (χ3v) is 2.54. The summed E-state index contributed by atoms with van der Waals surface area (Å²) >= 11 is 0. The predicted molar refractivity (Wildman–Crippen MR) is 59.4 cm³/mol. The van der Waals surface area contributed by atoms with Crippen LogP contribution in [0.5, 0.6) is 0 Å². The molecule has 16 heavy (non-hydrogen) atoms. The van der Waals surface area contributed by atoms with E-state index in [1.807, 2.05) is 11.8 Å². The standard InChI is InChI=1S/C10H15N5O/c1-8-3-2-4-14(5-8)9(16)6-15-7-12-10(11)13-15/h3,7H,2,4-6H2,1H3,(H2,11,13). The topological polar surface area (TPSA) is 77.0 Å². The van der Waals surface area contributed by atoms with Gasteiger partial charge in [-0.1, -0.05) is 11.6 Å². The summed E-state index contributed by atoms with van der Waals surface area (Å²) in [6, 6.07) is 0.